The SMILES string of the molecule is Cc1cnc(CCC(=O)c2cncc(-c3nnc(NCc4ccccn4)c4c(-c5ccccc5)cccc34)c2)cn1. The van der Waals surface area contributed by atoms with Gasteiger partial charge in [0.1, 0.15) is 5.69 Å². The van der Waals surface area contributed by atoms with Crippen molar-refractivity contribution < 1.29 is 4.79 Å². The van der Waals surface area contributed by atoms with Crippen LogP contribution in [-0.2, 0) is 13.0 Å². The molecule has 1 N–H and O–H groups in total. The molecule has 8 heteroatoms. The first-order valence-corrected chi connectivity index (χ1v) is 13.4. The van der Waals surface area contributed by atoms with Crippen molar-refractivity contribution in [3.8, 4) is 22.4 Å². The fourth-order valence-electron chi connectivity index (χ4n) is 4.74. The molecule has 0 atom stereocenters. The van der Waals surface area contributed by atoms with E-state index in [1.165, 1.54) is 0 Å². The van der Waals surface area contributed by atoms with Crippen LogP contribution >= 0.6 is 0 Å². The predicted molar refractivity (Wildman–Crippen MR) is 159 cm³/mol. The van der Waals surface area contributed by atoms with Crippen molar-refractivity contribution in [2.45, 2.75) is 26.3 Å². The molecule has 0 spiro atoms. The Kier molecular flexibility index (Phi) is 7.44. The average molecular weight is 538 g/mol. The minimum absolute atomic E-state index is 0.0161. The van der Waals surface area contributed by atoms with E-state index in [4.69, 9.17) is 0 Å². The normalized spacial score (nSPS) is 11.0. The maximum absolute atomic E-state index is 13.1. The Morgan fingerprint density at radius 3 is 2.46 bits per heavy atom. The second kappa shape index (κ2) is 11.8. The summed E-state index contributed by atoms with van der Waals surface area (Å²) < 4.78 is 0. The molecule has 0 radical (unpaired) electrons. The number of hydrogen-bond acceptors (Lipinski definition) is 8. The molecule has 4 aromatic heterocycles. The molecule has 2 aromatic carbocycles. The van der Waals surface area contributed by atoms with Crippen LogP contribution in [0.3, 0.4) is 0 Å². The molecule has 0 saturated carbocycles. The third-order valence-corrected chi connectivity index (χ3v) is 6.83. The molecule has 0 aliphatic heterocycles. The summed E-state index contributed by atoms with van der Waals surface area (Å²) >= 11 is 0. The highest BCUT2D eigenvalue weighted by atomic mass is 16.1. The second-order valence-corrected chi connectivity index (χ2v) is 9.70. The highest BCUT2D eigenvalue weighted by molar-refractivity contribution is 6.08. The fraction of sp³-hybridized carbons (Fsp3) is 0.121. The van der Waals surface area contributed by atoms with Crippen molar-refractivity contribution in [1.82, 2.24) is 30.1 Å². The molecular formula is C33H27N7O. The van der Waals surface area contributed by atoms with Crippen LogP contribution in [0.4, 0.5) is 5.82 Å². The zero-order valence-electron chi connectivity index (χ0n) is 22.5. The molecule has 0 bridgehead atoms. The quantitative estimate of drug-likeness (QED) is 0.215. The number of carbonyl (C=O) groups is 1. The maximum Gasteiger partial charge on any atom is 0.164 e. The smallest absolute Gasteiger partial charge is 0.164 e. The van der Waals surface area contributed by atoms with E-state index in [9.17, 15) is 4.79 Å². The van der Waals surface area contributed by atoms with E-state index in [0.717, 1.165) is 44.5 Å². The molecule has 200 valence electrons. The first kappa shape index (κ1) is 25.9. The zero-order valence-corrected chi connectivity index (χ0v) is 22.5. The summed E-state index contributed by atoms with van der Waals surface area (Å²) in [5, 5.41) is 14.5. The number of anilines is 1. The van der Waals surface area contributed by atoms with E-state index in [2.05, 4.69) is 53.6 Å². The predicted octanol–water partition coefficient (Wildman–Crippen LogP) is 6.28. The lowest BCUT2D eigenvalue weighted by Gasteiger charge is -2.15. The lowest BCUT2D eigenvalue weighted by molar-refractivity contribution is 0.0982. The summed E-state index contributed by atoms with van der Waals surface area (Å²) in [7, 11) is 0. The Balaban J connectivity index is 1.37. The monoisotopic (exact) mass is 537 g/mol. The average Bonchev–Trinajstić information content (AvgIpc) is 3.04. The lowest BCUT2D eigenvalue weighted by Crippen LogP contribution is -2.07. The van der Waals surface area contributed by atoms with Gasteiger partial charge in [0, 0.05) is 59.3 Å². The first-order chi connectivity index (χ1) is 20.2. The molecule has 6 aromatic rings. The third kappa shape index (κ3) is 5.81. The number of aryl methyl sites for hydroxylation is 2. The van der Waals surface area contributed by atoms with Gasteiger partial charge in [0.05, 0.1) is 23.6 Å². The molecule has 6 rings (SSSR count). The summed E-state index contributed by atoms with van der Waals surface area (Å²) in [6, 6.07) is 24.0. The van der Waals surface area contributed by atoms with Crippen molar-refractivity contribution in [2.75, 3.05) is 5.32 Å². The molecule has 8 nitrogen and oxygen atoms in total. The molecule has 0 saturated heterocycles. The molecule has 0 amide bonds. The Hall–Kier alpha value is -5.37. The molecule has 0 aliphatic rings. The minimum atomic E-state index is -0.0161. The van der Waals surface area contributed by atoms with E-state index in [0.29, 0.717) is 36.5 Å². The van der Waals surface area contributed by atoms with Gasteiger partial charge in [-0.15, -0.1) is 10.2 Å². The van der Waals surface area contributed by atoms with Crippen LogP contribution in [0, 0.1) is 6.92 Å². The molecule has 0 aliphatic carbocycles. The molecule has 0 unspecified atom stereocenters. The second-order valence-electron chi connectivity index (χ2n) is 9.70. The molecular weight excluding hydrogens is 510 g/mol. The van der Waals surface area contributed by atoms with Crippen LogP contribution in [0.2, 0.25) is 0 Å². The summed E-state index contributed by atoms with van der Waals surface area (Å²) in [4.78, 5) is 30.6. The van der Waals surface area contributed by atoms with Crippen LogP contribution in [0.15, 0.2) is 104 Å². The number of nitrogens with zero attached hydrogens (tertiary/aromatic N) is 6. The summed E-state index contributed by atoms with van der Waals surface area (Å²) in [5.74, 6) is 0.644. The van der Waals surface area contributed by atoms with Crippen molar-refractivity contribution in [1.29, 1.82) is 0 Å². The van der Waals surface area contributed by atoms with E-state index < -0.39 is 0 Å². The standard InChI is InChI=1S/C33H27N7O/c1-22-17-37-27(20-36-22)13-14-30(41)24-16-25(19-34-18-24)32-29-12-7-11-28(23-8-3-2-4-9-23)31(29)33(40-39-32)38-21-26-10-5-6-15-35-26/h2-12,15-20H,13-14,21H2,1H3,(H,38,40). The van der Waals surface area contributed by atoms with Gasteiger partial charge in [0.25, 0.3) is 0 Å². The van der Waals surface area contributed by atoms with Crippen LogP contribution in [0.1, 0.15) is 33.9 Å². The lowest BCUT2D eigenvalue weighted by atomic mass is 9.96. The fourth-order valence-corrected chi connectivity index (χ4v) is 4.74. The van der Waals surface area contributed by atoms with Gasteiger partial charge in [-0.25, -0.2) is 0 Å². The van der Waals surface area contributed by atoms with Crippen molar-refractivity contribution in [2.24, 2.45) is 0 Å². The van der Waals surface area contributed by atoms with Gasteiger partial charge in [-0.2, -0.15) is 0 Å². The molecule has 0 fully saturated rings. The van der Waals surface area contributed by atoms with Gasteiger partial charge in [-0.3, -0.25) is 24.7 Å². The van der Waals surface area contributed by atoms with Crippen LogP contribution in [0.5, 0.6) is 0 Å². The number of rotatable bonds is 9. The van der Waals surface area contributed by atoms with Crippen LogP contribution in [-0.4, -0.2) is 35.9 Å². The van der Waals surface area contributed by atoms with E-state index in [-0.39, 0.29) is 5.78 Å². The van der Waals surface area contributed by atoms with Crippen LogP contribution in [0.25, 0.3) is 33.2 Å². The third-order valence-electron chi connectivity index (χ3n) is 6.83. The van der Waals surface area contributed by atoms with E-state index >= 15 is 0 Å². The number of carbonyl (C=O) groups excluding carboxylic acids is 1. The Morgan fingerprint density at radius 1 is 0.780 bits per heavy atom. The van der Waals surface area contributed by atoms with E-state index in [1.807, 2.05) is 61.5 Å². The number of fused-ring (bicyclic) bond motifs is 1. The van der Waals surface area contributed by atoms with Crippen molar-refractivity contribution >= 4 is 22.4 Å². The number of benzene rings is 2. The Labute approximate surface area is 237 Å². The summed E-state index contributed by atoms with van der Waals surface area (Å²) in [6.07, 6.45) is 9.34. The van der Waals surface area contributed by atoms with E-state index in [1.54, 1.807) is 31.0 Å². The topological polar surface area (TPSA) is 106 Å². The largest absolute Gasteiger partial charge is 0.362 e. The molecule has 4 heterocycles. The first-order valence-electron chi connectivity index (χ1n) is 13.4. The van der Waals surface area contributed by atoms with Gasteiger partial charge < -0.3 is 5.32 Å². The van der Waals surface area contributed by atoms with Gasteiger partial charge in [-0.1, -0.05) is 54.6 Å². The van der Waals surface area contributed by atoms with Gasteiger partial charge in [0.15, 0.2) is 11.6 Å². The number of nitrogens with one attached hydrogen (secondary N) is 1. The maximum atomic E-state index is 13.1. The number of Topliss-reactive ketones (excluding diaryl/α,β-unsaturated/α-hetero) is 1. The Morgan fingerprint density at radius 2 is 1.66 bits per heavy atom. The van der Waals surface area contributed by atoms with Gasteiger partial charge in [0.2, 0.25) is 0 Å². The number of ketones is 1. The number of pyridine rings is 2. The highest BCUT2D eigenvalue weighted by Crippen LogP contribution is 2.37. The zero-order chi connectivity index (χ0) is 28.0. The van der Waals surface area contributed by atoms with Gasteiger partial charge in [-0.05, 0) is 42.7 Å². The van der Waals surface area contributed by atoms with Crippen molar-refractivity contribution in [3.63, 3.8) is 0 Å². The summed E-state index contributed by atoms with van der Waals surface area (Å²) in [6.45, 7) is 2.39. The number of aromatic nitrogens is 6. The number of hydrogen-bond donors (Lipinski definition) is 1. The molecule has 41 heavy (non-hydrogen) atoms. The Bertz CT molecular complexity index is 1810. The highest BCUT2D eigenvalue weighted by Gasteiger charge is 2.17. The van der Waals surface area contributed by atoms with Crippen LogP contribution < -0.4 is 5.32 Å². The van der Waals surface area contributed by atoms with Crippen molar-refractivity contribution in [3.05, 3.63) is 126 Å². The van der Waals surface area contributed by atoms with Gasteiger partial charge >= 0.3 is 0 Å². The summed E-state index contributed by atoms with van der Waals surface area (Å²) in [5.41, 5.74) is 6.54. The minimum Gasteiger partial charge on any atom is -0.362 e.